The highest BCUT2D eigenvalue weighted by atomic mass is 35.5. The maximum absolute atomic E-state index is 14.1. The van der Waals surface area contributed by atoms with Gasteiger partial charge in [0.05, 0.1) is 30.3 Å². The van der Waals surface area contributed by atoms with Crippen LogP contribution in [-0.2, 0) is 18.3 Å². The smallest absolute Gasteiger partial charge is 0.337 e. The lowest BCUT2D eigenvalue weighted by Gasteiger charge is -2.08. The Bertz CT molecular complexity index is 987. The molecule has 0 bridgehead atoms. The van der Waals surface area contributed by atoms with Gasteiger partial charge in [-0.1, -0.05) is 17.7 Å². The van der Waals surface area contributed by atoms with Crippen LogP contribution in [0.1, 0.15) is 15.9 Å². The lowest BCUT2D eigenvalue weighted by Crippen LogP contribution is -2.23. The number of ether oxygens (including phenoxy) is 1. The zero-order valence-electron chi connectivity index (χ0n) is 13.0. The van der Waals surface area contributed by atoms with Crippen molar-refractivity contribution in [3.63, 3.8) is 0 Å². The third-order valence-electron chi connectivity index (χ3n) is 3.94. The first kappa shape index (κ1) is 16.3. The van der Waals surface area contributed by atoms with Crippen LogP contribution < -0.4 is 5.69 Å². The van der Waals surface area contributed by atoms with Crippen molar-refractivity contribution in [3.05, 3.63) is 68.8 Å². The molecule has 0 atom stereocenters. The maximum Gasteiger partial charge on any atom is 0.337 e. The summed E-state index contributed by atoms with van der Waals surface area (Å²) in [6, 6.07) is 9.14. The van der Waals surface area contributed by atoms with Gasteiger partial charge < -0.3 is 4.74 Å². The zero-order chi connectivity index (χ0) is 17.4. The van der Waals surface area contributed by atoms with E-state index in [1.54, 1.807) is 31.3 Å². The molecule has 1 heterocycles. The van der Waals surface area contributed by atoms with Gasteiger partial charge in [-0.15, -0.1) is 0 Å². The molecule has 2 aromatic carbocycles. The minimum Gasteiger partial charge on any atom is -0.465 e. The summed E-state index contributed by atoms with van der Waals surface area (Å²) in [5.41, 5.74) is 1.33. The van der Waals surface area contributed by atoms with Crippen LogP contribution in [0.3, 0.4) is 0 Å². The van der Waals surface area contributed by atoms with Gasteiger partial charge in [0, 0.05) is 17.6 Å². The number of halogens is 2. The number of carbonyl (C=O) groups is 1. The second-order valence-corrected chi connectivity index (χ2v) is 5.73. The summed E-state index contributed by atoms with van der Waals surface area (Å²) in [5.74, 6) is -1.00. The largest absolute Gasteiger partial charge is 0.465 e. The van der Waals surface area contributed by atoms with E-state index in [2.05, 4.69) is 0 Å². The molecule has 0 saturated heterocycles. The Hall–Kier alpha value is -2.60. The van der Waals surface area contributed by atoms with Gasteiger partial charge in [0.1, 0.15) is 5.82 Å². The number of benzene rings is 2. The Morgan fingerprint density at radius 1 is 1.25 bits per heavy atom. The molecule has 7 heteroatoms. The molecule has 0 aliphatic heterocycles. The summed E-state index contributed by atoms with van der Waals surface area (Å²) in [7, 11) is 2.89. The van der Waals surface area contributed by atoms with E-state index >= 15 is 0 Å². The van der Waals surface area contributed by atoms with Crippen LogP contribution in [0.25, 0.3) is 11.0 Å². The summed E-state index contributed by atoms with van der Waals surface area (Å²) < 4.78 is 21.6. The average molecular weight is 349 g/mol. The number of hydrogen-bond acceptors (Lipinski definition) is 3. The quantitative estimate of drug-likeness (QED) is 0.684. The fourth-order valence-corrected chi connectivity index (χ4v) is 2.87. The van der Waals surface area contributed by atoms with Crippen LogP contribution >= 0.6 is 11.6 Å². The summed E-state index contributed by atoms with van der Waals surface area (Å²) >= 11 is 6.06. The summed E-state index contributed by atoms with van der Waals surface area (Å²) in [5, 5.41) is 0.239. The monoisotopic (exact) mass is 348 g/mol. The number of nitrogens with zero attached hydrogens (tertiary/aromatic N) is 2. The number of carbonyl (C=O) groups excluding carboxylic acids is 1. The van der Waals surface area contributed by atoms with E-state index in [4.69, 9.17) is 16.3 Å². The Labute approximate surface area is 141 Å². The second-order valence-electron chi connectivity index (χ2n) is 5.32. The van der Waals surface area contributed by atoms with Crippen molar-refractivity contribution < 1.29 is 13.9 Å². The molecule has 0 fully saturated rings. The zero-order valence-corrected chi connectivity index (χ0v) is 13.8. The first-order valence-electron chi connectivity index (χ1n) is 7.14. The van der Waals surface area contributed by atoms with Crippen LogP contribution in [0.4, 0.5) is 4.39 Å². The van der Waals surface area contributed by atoms with Crippen molar-refractivity contribution >= 4 is 28.6 Å². The van der Waals surface area contributed by atoms with Gasteiger partial charge in [0.25, 0.3) is 0 Å². The number of hydrogen-bond donors (Lipinski definition) is 0. The van der Waals surface area contributed by atoms with Crippen molar-refractivity contribution in [2.24, 2.45) is 7.05 Å². The van der Waals surface area contributed by atoms with Crippen LogP contribution in [-0.4, -0.2) is 22.2 Å². The average Bonchev–Trinajstić information content (AvgIpc) is 2.81. The lowest BCUT2D eigenvalue weighted by molar-refractivity contribution is 0.0601. The molecule has 0 radical (unpaired) electrons. The lowest BCUT2D eigenvalue weighted by atomic mass is 10.2. The van der Waals surface area contributed by atoms with Gasteiger partial charge in [-0.2, -0.15) is 0 Å². The van der Waals surface area contributed by atoms with E-state index in [1.165, 1.54) is 28.4 Å². The van der Waals surface area contributed by atoms with Crippen LogP contribution in [0.15, 0.2) is 41.2 Å². The molecular weight excluding hydrogens is 335 g/mol. The summed E-state index contributed by atoms with van der Waals surface area (Å²) in [4.78, 5) is 24.2. The summed E-state index contributed by atoms with van der Waals surface area (Å²) in [6.07, 6.45) is 0. The van der Waals surface area contributed by atoms with E-state index in [1.807, 2.05) is 0 Å². The van der Waals surface area contributed by atoms with E-state index in [9.17, 15) is 14.0 Å². The highest BCUT2D eigenvalue weighted by molar-refractivity contribution is 6.31. The molecule has 124 valence electrons. The van der Waals surface area contributed by atoms with Crippen LogP contribution in [0, 0.1) is 5.82 Å². The molecule has 0 aliphatic rings. The Morgan fingerprint density at radius 3 is 2.67 bits per heavy atom. The maximum atomic E-state index is 14.1. The number of imidazole rings is 1. The van der Waals surface area contributed by atoms with Gasteiger partial charge in [0.15, 0.2) is 0 Å². The van der Waals surface area contributed by atoms with E-state index in [0.717, 1.165) is 0 Å². The van der Waals surface area contributed by atoms with E-state index in [0.29, 0.717) is 16.6 Å². The van der Waals surface area contributed by atoms with Crippen molar-refractivity contribution in [1.82, 2.24) is 9.13 Å². The highest BCUT2D eigenvalue weighted by Crippen LogP contribution is 2.22. The third-order valence-corrected chi connectivity index (χ3v) is 4.30. The van der Waals surface area contributed by atoms with E-state index in [-0.39, 0.29) is 22.8 Å². The molecule has 3 aromatic rings. The molecule has 1 aromatic heterocycles. The molecule has 0 aliphatic carbocycles. The first-order chi connectivity index (χ1) is 11.4. The standard InChI is InChI=1S/C17H14ClFN2O3/c1-20-14-7-6-10(16(22)24-2)8-15(14)21(17(20)23)9-11-12(18)4-3-5-13(11)19/h3-8H,9H2,1-2H3. The fraction of sp³-hybridized carbons (Fsp3) is 0.176. The minimum absolute atomic E-state index is 0.0354. The highest BCUT2D eigenvalue weighted by Gasteiger charge is 2.16. The van der Waals surface area contributed by atoms with Gasteiger partial charge in [-0.3, -0.25) is 9.13 Å². The number of aromatic nitrogens is 2. The predicted molar refractivity (Wildman–Crippen MR) is 89.0 cm³/mol. The molecule has 0 amide bonds. The topological polar surface area (TPSA) is 53.2 Å². The normalized spacial score (nSPS) is 11.0. The van der Waals surface area contributed by atoms with Gasteiger partial charge >= 0.3 is 11.7 Å². The molecule has 3 rings (SSSR count). The number of methoxy groups -OCH3 is 1. The van der Waals surface area contributed by atoms with Crippen LogP contribution in [0.2, 0.25) is 5.02 Å². The number of esters is 1. The van der Waals surface area contributed by atoms with Crippen molar-refractivity contribution in [2.45, 2.75) is 6.54 Å². The Balaban J connectivity index is 2.21. The first-order valence-corrected chi connectivity index (χ1v) is 7.52. The van der Waals surface area contributed by atoms with Crippen molar-refractivity contribution in [3.8, 4) is 0 Å². The van der Waals surface area contributed by atoms with Gasteiger partial charge in [-0.05, 0) is 30.3 Å². The van der Waals surface area contributed by atoms with Gasteiger partial charge in [0.2, 0.25) is 0 Å². The molecule has 0 spiro atoms. The Morgan fingerprint density at radius 2 is 2.00 bits per heavy atom. The molecule has 5 nitrogen and oxygen atoms in total. The van der Waals surface area contributed by atoms with Crippen molar-refractivity contribution in [1.29, 1.82) is 0 Å². The Kier molecular flexibility index (Phi) is 4.15. The molecule has 0 N–H and O–H groups in total. The number of fused-ring (bicyclic) bond motifs is 1. The van der Waals surface area contributed by atoms with Crippen LogP contribution in [0.5, 0.6) is 0 Å². The second kappa shape index (κ2) is 6.13. The SMILES string of the molecule is COC(=O)c1ccc2c(c1)n(Cc1c(F)cccc1Cl)c(=O)n2C. The number of rotatable bonds is 3. The van der Waals surface area contributed by atoms with Gasteiger partial charge in [-0.25, -0.2) is 14.0 Å². The molecule has 0 unspecified atom stereocenters. The third kappa shape index (κ3) is 2.59. The molecule has 0 saturated carbocycles. The fourth-order valence-electron chi connectivity index (χ4n) is 2.65. The predicted octanol–water partition coefficient (Wildman–Crippen LogP) is 2.97. The van der Waals surface area contributed by atoms with Crippen molar-refractivity contribution in [2.75, 3.05) is 7.11 Å². The molecular formula is C17H14ClFN2O3. The number of aryl methyl sites for hydroxylation is 1. The minimum atomic E-state index is -0.510. The van der Waals surface area contributed by atoms with E-state index < -0.39 is 11.8 Å². The molecule has 24 heavy (non-hydrogen) atoms. The summed E-state index contributed by atoms with van der Waals surface area (Å²) in [6.45, 7) is -0.0354.